The van der Waals surface area contributed by atoms with Gasteiger partial charge in [0.2, 0.25) is 0 Å². The van der Waals surface area contributed by atoms with Crippen molar-refractivity contribution in [2.45, 2.75) is 64.5 Å². The zero-order valence-corrected chi connectivity index (χ0v) is 12.6. The molecule has 4 heteroatoms. The summed E-state index contributed by atoms with van der Waals surface area (Å²) < 4.78 is 1.90. The van der Waals surface area contributed by atoms with Crippen molar-refractivity contribution in [3.05, 3.63) is 11.9 Å². The maximum Gasteiger partial charge on any atom is 0.0853 e. The molecule has 1 aliphatic rings. The van der Waals surface area contributed by atoms with Crippen LogP contribution >= 0.6 is 0 Å². The summed E-state index contributed by atoms with van der Waals surface area (Å²) in [4.78, 5) is 0. The summed E-state index contributed by atoms with van der Waals surface area (Å²) in [6.07, 6.45) is 9.68. The Balaban J connectivity index is 1.87. The summed E-state index contributed by atoms with van der Waals surface area (Å²) in [5.74, 6) is 0. The first-order valence-corrected chi connectivity index (χ1v) is 7.71. The molecule has 19 heavy (non-hydrogen) atoms. The maximum atomic E-state index is 4.48. The minimum absolute atomic E-state index is 0.491. The Kier molecular flexibility index (Phi) is 5.25. The molecule has 1 aromatic rings. The fraction of sp³-hybridized carbons (Fsp3) is 0.800. The number of rotatable bonds is 5. The second-order valence-corrected chi connectivity index (χ2v) is 5.80. The van der Waals surface area contributed by atoms with E-state index in [-0.39, 0.29) is 0 Å². The zero-order chi connectivity index (χ0) is 13.7. The van der Waals surface area contributed by atoms with Gasteiger partial charge in [0.1, 0.15) is 0 Å². The average Bonchev–Trinajstić information content (AvgIpc) is 2.58. The highest BCUT2D eigenvalue weighted by molar-refractivity contribution is 5.47. The van der Waals surface area contributed by atoms with Crippen molar-refractivity contribution >= 4 is 5.69 Å². The summed E-state index contributed by atoms with van der Waals surface area (Å²) in [6, 6.07) is 1.16. The summed E-state index contributed by atoms with van der Waals surface area (Å²) in [5.41, 5.74) is 2.37. The topological polar surface area (TPSA) is 41.9 Å². The molecule has 0 bridgehead atoms. The molecule has 2 heterocycles. The fourth-order valence-electron chi connectivity index (χ4n) is 2.97. The minimum atomic E-state index is 0.491. The Labute approximate surface area is 117 Å². The molecule has 0 amide bonds. The van der Waals surface area contributed by atoms with E-state index in [0.29, 0.717) is 12.1 Å². The van der Waals surface area contributed by atoms with Gasteiger partial charge in [0.15, 0.2) is 0 Å². The van der Waals surface area contributed by atoms with Crippen LogP contribution in [-0.4, -0.2) is 28.4 Å². The molecule has 0 spiro atoms. The van der Waals surface area contributed by atoms with Crippen molar-refractivity contribution in [2.24, 2.45) is 7.05 Å². The molecule has 1 fully saturated rings. The fourth-order valence-corrected chi connectivity index (χ4v) is 2.97. The summed E-state index contributed by atoms with van der Waals surface area (Å²) >= 11 is 0. The first kappa shape index (κ1) is 14.4. The van der Waals surface area contributed by atoms with E-state index >= 15 is 0 Å². The van der Waals surface area contributed by atoms with Crippen molar-refractivity contribution in [3.8, 4) is 0 Å². The largest absolute Gasteiger partial charge is 0.380 e. The van der Waals surface area contributed by atoms with E-state index in [2.05, 4.69) is 35.8 Å². The van der Waals surface area contributed by atoms with Crippen molar-refractivity contribution in [3.63, 3.8) is 0 Å². The Morgan fingerprint density at radius 2 is 2.32 bits per heavy atom. The smallest absolute Gasteiger partial charge is 0.0853 e. The zero-order valence-electron chi connectivity index (χ0n) is 12.6. The normalized spacial score (nSPS) is 21.9. The first-order valence-electron chi connectivity index (χ1n) is 7.71. The Hall–Kier alpha value is -1.03. The molecular weight excluding hydrogens is 236 g/mol. The van der Waals surface area contributed by atoms with Gasteiger partial charge < -0.3 is 10.6 Å². The van der Waals surface area contributed by atoms with Crippen LogP contribution < -0.4 is 10.6 Å². The van der Waals surface area contributed by atoms with Gasteiger partial charge in [-0.2, -0.15) is 5.10 Å². The number of hydrogen-bond donors (Lipinski definition) is 2. The van der Waals surface area contributed by atoms with Gasteiger partial charge in [0, 0.05) is 25.3 Å². The van der Waals surface area contributed by atoms with E-state index in [9.17, 15) is 0 Å². The third-order valence-corrected chi connectivity index (χ3v) is 3.94. The van der Waals surface area contributed by atoms with Crippen molar-refractivity contribution < 1.29 is 0 Å². The number of nitrogens with zero attached hydrogens (tertiary/aromatic N) is 2. The predicted molar refractivity (Wildman–Crippen MR) is 80.5 cm³/mol. The SMILES string of the molecule is CCc1nn(C)cc1NC(C)CC1CCCCCN1. The summed E-state index contributed by atoms with van der Waals surface area (Å²) in [5, 5.41) is 11.8. The molecule has 0 aliphatic carbocycles. The quantitative estimate of drug-likeness (QED) is 0.859. The van der Waals surface area contributed by atoms with Crippen molar-refractivity contribution in [1.29, 1.82) is 0 Å². The second-order valence-electron chi connectivity index (χ2n) is 5.80. The molecule has 2 atom stereocenters. The van der Waals surface area contributed by atoms with Crippen LogP contribution in [0.3, 0.4) is 0 Å². The van der Waals surface area contributed by atoms with E-state index in [4.69, 9.17) is 0 Å². The van der Waals surface area contributed by atoms with Gasteiger partial charge in [-0.15, -0.1) is 0 Å². The number of aryl methyl sites for hydroxylation is 2. The summed E-state index contributed by atoms with van der Waals surface area (Å²) in [7, 11) is 1.99. The molecule has 0 aromatic carbocycles. The van der Waals surface area contributed by atoms with Crippen LogP contribution in [0.15, 0.2) is 6.20 Å². The summed E-state index contributed by atoms with van der Waals surface area (Å²) in [6.45, 7) is 5.62. The van der Waals surface area contributed by atoms with Gasteiger partial charge in [-0.25, -0.2) is 0 Å². The van der Waals surface area contributed by atoms with Crippen LogP contribution in [0, 0.1) is 0 Å². The van der Waals surface area contributed by atoms with E-state index in [1.165, 1.54) is 50.0 Å². The Morgan fingerprint density at radius 3 is 3.11 bits per heavy atom. The molecule has 4 nitrogen and oxygen atoms in total. The lowest BCUT2D eigenvalue weighted by Gasteiger charge is -2.22. The molecule has 0 radical (unpaired) electrons. The molecule has 0 saturated carbocycles. The lowest BCUT2D eigenvalue weighted by molar-refractivity contribution is 0.456. The monoisotopic (exact) mass is 264 g/mol. The molecule has 2 rings (SSSR count). The lowest BCUT2D eigenvalue weighted by atomic mass is 10.0. The van der Waals surface area contributed by atoms with Gasteiger partial charge in [-0.05, 0) is 39.2 Å². The van der Waals surface area contributed by atoms with Crippen molar-refractivity contribution in [1.82, 2.24) is 15.1 Å². The number of hydrogen-bond acceptors (Lipinski definition) is 3. The van der Waals surface area contributed by atoms with Gasteiger partial charge in [0.25, 0.3) is 0 Å². The Bertz CT molecular complexity index is 377. The van der Waals surface area contributed by atoms with Gasteiger partial charge in [-0.1, -0.05) is 19.8 Å². The van der Waals surface area contributed by atoms with Crippen LogP contribution in [0.5, 0.6) is 0 Å². The van der Waals surface area contributed by atoms with Crippen LogP contribution in [0.4, 0.5) is 5.69 Å². The van der Waals surface area contributed by atoms with E-state index < -0.39 is 0 Å². The molecule has 1 aliphatic heterocycles. The third kappa shape index (κ3) is 4.23. The van der Waals surface area contributed by atoms with E-state index in [1.807, 2.05) is 11.7 Å². The molecular formula is C15H28N4. The third-order valence-electron chi connectivity index (χ3n) is 3.94. The van der Waals surface area contributed by atoms with E-state index in [0.717, 1.165) is 6.42 Å². The predicted octanol–water partition coefficient (Wildman–Crippen LogP) is 2.71. The average molecular weight is 264 g/mol. The first-order chi connectivity index (χ1) is 9.19. The van der Waals surface area contributed by atoms with Crippen molar-refractivity contribution in [2.75, 3.05) is 11.9 Å². The highest BCUT2D eigenvalue weighted by atomic mass is 15.3. The number of anilines is 1. The van der Waals surface area contributed by atoms with Crippen LogP contribution in [-0.2, 0) is 13.5 Å². The second kappa shape index (κ2) is 6.94. The molecule has 1 saturated heterocycles. The lowest BCUT2D eigenvalue weighted by Crippen LogP contribution is -2.33. The number of aromatic nitrogens is 2. The van der Waals surface area contributed by atoms with E-state index in [1.54, 1.807) is 0 Å². The minimum Gasteiger partial charge on any atom is -0.380 e. The maximum absolute atomic E-state index is 4.48. The van der Waals surface area contributed by atoms with Crippen LogP contribution in [0.1, 0.15) is 51.6 Å². The number of nitrogens with one attached hydrogen (secondary N) is 2. The van der Waals surface area contributed by atoms with Gasteiger partial charge >= 0.3 is 0 Å². The molecule has 2 N–H and O–H groups in total. The molecule has 108 valence electrons. The Morgan fingerprint density at radius 1 is 1.47 bits per heavy atom. The molecule has 1 aromatic heterocycles. The highest BCUT2D eigenvalue weighted by Gasteiger charge is 2.16. The van der Waals surface area contributed by atoms with Gasteiger partial charge in [0.05, 0.1) is 11.4 Å². The highest BCUT2D eigenvalue weighted by Crippen LogP contribution is 2.18. The molecule has 2 unspecified atom stereocenters. The van der Waals surface area contributed by atoms with Crippen LogP contribution in [0.2, 0.25) is 0 Å². The van der Waals surface area contributed by atoms with Gasteiger partial charge in [-0.3, -0.25) is 4.68 Å². The standard InChI is InChI=1S/C15H28N4/c1-4-14-15(11-19(3)18-14)17-12(2)10-13-8-6-5-7-9-16-13/h11-13,16-17H,4-10H2,1-3H3. The van der Waals surface area contributed by atoms with Crippen LogP contribution in [0.25, 0.3) is 0 Å².